The molecule has 0 aliphatic rings. The van der Waals surface area contributed by atoms with Crippen LogP contribution in [-0.4, -0.2) is 17.9 Å². The summed E-state index contributed by atoms with van der Waals surface area (Å²) < 4.78 is 7.21. The number of nitrogen functional groups attached to an aromatic ring is 1. The molecule has 0 bridgehead atoms. The Morgan fingerprint density at radius 2 is 1.80 bits per heavy atom. The zero-order valence-electron chi connectivity index (χ0n) is 11.4. The molecule has 0 aromatic heterocycles. The van der Waals surface area contributed by atoms with E-state index < -0.39 is 5.54 Å². The second-order valence-electron chi connectivity index (χ2n) is 4.91. The van der Waals surface area contributed by atoms with Crippen molar-refractivity contribution in [1.29, 1.82) is 0 Å². The molecule has 1 aromatic rings. The van der Waals surface area contributed by atoms with Crippen molar-refractivity contribution in [3.8, 4) is 5.75 Å². The predicted octanol–water partition coefficient (Wildman–Crippen LogP) is 3.68. The number of ketones is 1. The molecule has 0 saturated carbocycles. The van der Waals surface area contributed by atoms with Crippen molar-refractivity contribution in [2.45, 2.75) is 32.2 Å². The maximum Gasteiger partial charge on any atom is 0.152 e. The lowest BCUT2D eigenvalue weighted by Crippen LogP contribution is -2.41. The van der Waals surface area contributed by atoms with E-state index in [0.717, 1.165) is 8.95 Å². The smallest absolute Gasteiger partial charge is 0.152 e. The predicted molar refractivity (Wildman–Crippen MR) is 91.5 cm³/mol. The molecule has 20 heavy (non-hydrogen) atoms. The third-order valence-corrected chi connectivity index (χ3v) is 3.71. The molecule has 114 valence electrons. The average molecular weight is 431 g/mol. The first-order chi connectivity index (χ1) is 8.71. The molecular weight excluding hydrogens is 411 g/mol. The molecule has 0 aliphatic heterocycles. The molecule has 0 radical (unpaired) electrons. The Morgan fingerprint density at radius 1 is 1.30 bits per heavy atom. The Morgan fingerprint density at radius 3 is 2.25 bits per heavy atom. The Labute approximate surface area is 142 Å². The summed E-state index contributed by atoms with van der Waals surface area (Å²) in [5.74, 6) is 0.722. The minimum atomic E-state index is -0.775. The fraction of sp³-hybridized carbons (Fsp3) is 0.462. The molecular formula is C13H19Br2ClN2O2. The van der Waals surface area contributed by atoms with E-state index in [1.807, 2.05) is 0 Å². The molecule has 0 amide bonds. The summed E-state index contributed by atoms with van der Waals surface area (Å²) in [6, 6.07) is 3.54. The molecule has 0 aliphatic carbocycles. The van der Waals surface area contributed by atoms with Crippen molar-refractivity contribution in [3.05, 3.63) is 21.1 Å². The van der Waals surface area contributed by atoms with Crippen molar-refractivity contribution in [2.24, 2.45) is 5.73 Å². The molecule has 1 rings (SSSR count). The largest absolute Gasteiger partial charge is 0.491 e. The summed E-state index contributed by atoms with van der Waals surface area (Å²) in [5.41, 5.74) is 11.3. The van der Waals surface area contributed by atoms with Gasteiger partial charge in [0.05, 0.1) is 21.1 Å². The summed E-state index contributed by atoms with van der Waals surface area (Å²) in [6.07, 6.45) is 1.04. The van der Waals surface area contributed by atoms with Gasteiger partial charge in [-0.15, -0.1) is 12.4 Å². The molecule has 0 atom stereocenters. The van der Waals surface area contributed by atoms with E-state index in [4.69, 9.17) is 16.2 Å². The molecule has 4 nitrogen and oxygen atoms in total. The lowest BCUT2D eigenvalue weighted by molar-refractivity contribution is -0.123. The van der Waals surface area contributed by atoms with Crippen LogP contribution >= 0.6 is 44.3 Å². The molecule has 4 N–H and O–H groups in total. The lowest BCUT2D eigenvalue weighted by atomic mass is 9.97. The van der Waals surface area contributed by atoms with Crippen LogP contribution in [0.5, 0.6) is 5.75 Å². The first-order valence-electron chi connectivity index (χ1n) is 5.91. The van der Waals surface area contributed by atoms with E-state index in [0.29, 0.717) is 30.9 Å². The van der Waals surface area contributed by atoms with Crippen LogP contribution in [0.2, 0.25) is 0 Å². The monoisotopic (exact) mass is 428 g/mol. The second kappa shape index (κ2) is 8.22. The SMILES string of the molecule is CC(C)(N)C(=O)CCCOc1c(Br)cc(N)cc1Br.Cl. The summed E-state index contributed by atoms with van der Waals surface area (Å²) in [6.45, 7) is 3.87. The van der Waals surface area contributed by atoms with E-state index in [-0.39, 0.29) is 18.2 Å². The van der Waals surface area contributed by atoms with Crippen LogP contribution in [0.4, 0.5) is 5.69 Å². The highest BCUT2D eigenvalue weighted by Crippen LogP contribution is 2.35. The van der Waals surface area contributed by atoms with Gasteiger partial charge in [0.2, 0.25) is 0 Å². The standard InChI is InChI=1S/C13H18Br2N2O2.ClH/c1-13(2,17)11(18)4-3-5-19-12-9(14)6-8(16)7-10(12)15;/h6-7H,3-5,16-17H2,1-2H3;1H. The third-order valence-electron chi connectivity index (χ3n) is 2.53. The Balaban J connectivity index is 0.00000361. The third kappa shape index (κ3) is 5.99. The van der Waals surface area contributed by atoms with Crippen molar-refractivity contribution in [1.82, 2.24) is 0 Å². The van der Waals surface area contributed by atoms with Gasteiger partial charge in [-0.3, -0.25) is 4.79 Å². The Bertz CT molecular complexity index is 453. The molecule has 0 heterocycles. The summed E-state index contributed by atoms with van der Waals surface area (Å²) in [5, 5.41) is 0. The van der Waals surface area contributed by atoms with Crippen molar-refractivity contribution >= 4 is 55.7 Å². The van der Waals surface area contributed by atoms with Gasteiger partial charge in [0.25, 0.3) is 0 Å². The fourth-order valence-electron chi connectivity index (χ4n) is 1.45. The van der Waals surface area contributed by atoms with Crippen molar-refractivity contribution in [3.63, 3.8) is 0 Å². The van der Waals surface area contributed by atoms with Crippen LogP contribution < -0.4 is 16.2 Å². The maximum atomic E-state index is 11.6. The highest BCUT2D eigenvalue weighted by Gasteiger charge is 2.20. The first kappa shape index (κ1) is 19.7. The summed E-state index contributed by atoms with van der Waals surface area (Å²) in [7, 11) is 0. The minimum Gasteiger partial charge on any atom is -0.491 e. The van der Waals surface area contributed by atoms with Gasteiger partial charge in [-0.1, -0.05) is 0 Å². The van der Waals surface area contributed by atoms with E-state index in [1.165, 1.54) is 0 Å². The second-order valence-corrected chi connectivity index (χ2v) is 6.62. The van der Waals surface area contributed by atoms with Gasteiger partial charge >= 0.3 is 0 Å². The van der Waals surface area contributed by atoms with Crippen LogP contribution in [0, 0.1) is 0 Å². The van der Waals surface area contributed by atoms with Gasteiger partial charge in [-0.25, -0.2) is 0 Å². The number of hydrogen-bond acceptors (Lipinski definition) is 4. The Kier molecular flexibility index (Phi) is 8.09. The molecule has 0 fully saturated rings. The highest BCUT2D eigenvalue weighted by molar-refractivity contribution is 9.11. The number of carbonyl (C=O) groups excluding carboxylic acids is 1. The zero-order valence-corrected chi connectivity index (χ0v) is 15.4. The van der Waals surface area contributed by atoms with Gasteiger partial charge < -0.3 is 16.2 Å². The highest BCUT2D eigenvalue weighted by atomic mass is 79.9. The van der Waals surface area contributed by atoms with Gasteiger partial charge in [-0.05, 0) is 64.3 Å². The normalized spacial score (nSPS) is 10.8. The van der Waals surface area contributed by atoms with E-state index in [1.54, 1.807) is 26.0 Å². The van der Waals surface area contributed by atoms with Gasteiger partial charge in [0.15, 0.2) is 5.78 Å². The average Bonchev–Trinajstić information content (AvgIpc) is 2.24. The summed E-state index contributed by atoms with van der Waals surface area (Å²) in [4.78, 5) is 11.6. The number of benzene rings is 1. The van der Waals surface area contributed by atoms with Gasteiger partial charge in [0, 0.05) is 12.1 Å². The van der Waals surface area contributed by atoms with Crippen molar-refractivity contribution < 1.29 is 9.53 Å². The van der Waals surface area contributed by atoms with Crippen LogP contribution in [0.15, 0.2) is 21.1 Å². The van der Waals surface area contributed by atoms with E-state index in [9.17, 15) is 4.79 Å². The number of carbonyl (C=O) groups is 1. The molecule has 1 aromatic carbocycles. The minimum absolute atomic E-state index is 0. The number of anilines is 1. The number of Topliss-reactive ketones (excluding diaryl/α,β-unsaturated/α-hetero) is 1. The van der Waals surface area contributed by atoms with Gasteiger partial charge in [0.1, 0.15) is 5.75 Å². The summed E-state index contributed by atoms with van der Waals surface area (Å²) >= 11 is 6.78. The maximum absolute atomic E-state index is 11.6. The zero-order chi connectivity index (χ0) is 14.6. The van der Waals surface area contributed by atoms with Crippen molar-refractivity contribution in [2.75, 3.05) is 12.3 Å². The van der Waals surface area contributed by atoms with Gasteiger partial charge in [-0.2, -0.15) is 0 Å². The number of halogens is 3. The van der Waals surface area contributed by atoms with E-state index >= 15 is 0 Å². The fourth-order valence-corrected chi connectivity index (χ4v) is 2.90. The van der Waals surface area contributed by atoms with Crippen LogP contribution in [0.1, 0.15) is 26.7 Å². The number of rotatable bonds is 6. The molecule has 7 heteroatoms. The van der Waals surface area contributed by atoms with Crippen LogP contribution in [0.3, 0.4) is 0 Å². The lowest BCUT2D eigenvalue weighted by Gasteiger charge is -2.17. The molecule has 0 spiro atoms. The van der Waals surface area contributed by atoms with Crippen LogP contribution in [0.25, 0.3) is 0 Å². The first-order valence-corrected chi connectivity index (χ1v) is 7.50. The van der Waals surface area contributed by atoms with Crippen LogP contribution in [-0.2, 0) is 4.79 Å². The number of nitrogens with two attached hydrogens (primary N) is 2. The molecule has 0 unspecified atom stereocenters. The molecule has 0 saturated heterocycles. The topological polar surface area (TPSA) is 78.3 Å². The Hall–Kier alpha value is -0.300. The van der Waals surface area contributed by atoms with E-state index in [2.05, 4.69) is 31.9 Å². The number of hydrogen-bond donors (Lipinski definition) is 2. The quantitative estimate of drug-likeness (QED) is 0.533. The number of ether oxygens (including phenoxy) is 1.